The third-order valence-corrected chi connectivity index (χ3v) is 8.30. The number of esters is 1. The summed E-state index contributed by atoms with van der Waals surface area (Å²) in [5.41, 5.74) is 0.0391. The molecule has 2 aliphatic heterocycles. The SMILES string of the molecule is C/C(=C\c1csc(C)n1)C1CC2O[C@]2(C)C/C=C/C(C)[C@H](O)C(C)C(=O)C(C)(C)[C@@H](O)CC(=O)O1. The summed E-state index contributed by atoms with van der Waals surface area (Å²) < 4.78 is 11.9. The molecule has 3 heterocycles. The van der Waals surface area contributed by atoms with Gasteiger partial charge in [0.25, 0.3) is 0 Å². The second-order valence-corrected chi connectivity index (χ2v) is 12.0. The number of Topliss-reactive ketones (excluding diaryl/α,β-unsaturated/α-hetero) is 1. The maximum Gasteiger partial charge on any atom is 0.309 e. The van der Waals surface area contributed by atoms with Crippen molar-refractivity contribution in [2.45, 2.75) is 97.7 Å². The number of thiazole rings is 1. The molecule has 3 rings (SSSR count). The maximum absolute atomic E-state index is 13.2. The molecule has 0 aliphatic carbocycles. The lowest BCUT2D eigenvalue weighted by Crippen LogP contribution is -2.45. The van der Waals surface area contributed by atoms with Crippen LogP contribution in [-0.2, 0) is 19.1 Å². The molecule has 0 radical (unpaired) electrons. The molecule has 0 saturated carbocycles. The van der Waals surface area contributed by atoms with E-state index in [-0.39, 0.29) is 29.8 Å². The van der Waals surface area contributed by atoms with Gasteiger partial charge in [-0.15, -0.1) is 11.3 Å². The van der Waals surface area contributed by atoms with Gasteiger partial charge < -0.3 is 19.7 Å². The van der Waals surface area contributed by atoms with Crippen molar-refractivity contribution in [2.75, 3.05) is 0 Å². The number of cyclic esters (lactones) is 1. The summed E-state index contributed by atoms with van der Waals surface area (Å²) in [6.45, 7) is 12.6. The molecule has 0 spiro atoms. The molecule has 2 N–H and O–H groups in total. The van der Waals surface area contributed by atoms with Crippen LogP contribution in [0.1, 0.15) is 71.5 Å². The number of aliphatic hydroxyl groups excluding tert-OH is 2. The number of aromatic nitrogens is 1. The van der Waals surface area contributed by atoms with E-state index in [2.05, 4.69) is 4.98 Å². The first-order chi connectivity index (χ1) is 16.2. The fraction of sp³-hybridized carbons (Fsp3) is 0.667. The molecule has 194 valence electrons. The van der Waals surface area contributed by atoms with Crippen LogP contribution in [0.25, 0.3) is 6.08 Å². The Labute approximate surface area is 212 Å². The summed E-state index contributed by atoms with van der Waals surface area (Å²) in [6, 6.07) is 0. The van der Waals surface area contributed by atoms with E-state index < -0.39 is 35.6 Å². The summed E-state index contributed by atoms with van der Waals surface area (Å²) in [6.07, 6.45) is 3.84. The van der Waals surface area contributed by atoms with Gasteiger partial charge >= 0.3 is 5.97 Å². The van der Waals surface area contributed by atoms with Crippen LogP contribution in [0, 0.1) is 24.2 Å². The molecule has 7 nitrogen and oxygen atoms in total. The highest BCUT2D eigenvalue weighted by Gasteiger charge is 2.52. The molecule has 1 saturated heterocycles. The number of ether oxygens (including phenoxy) is 2. The van der Waals surface area contributed by atoms with Crippen LogP contribution in [0.4, 0.5) is 0 Å². The second-order valence-electron chi connectivity index (χ2n) is 10.9. The van der Waals surface area contributed by atoms with Crippen LogP contribution in [0.5, 0.6) is 0 Å². The molecule has 0 amide bonds. The lowest BCUT2D eigenvalue weighted by molar-refractivity contribution is -0.154. The molecule has 0 bridgehead atoms. The summed E-state index contributed by atoms with van der Waals surface area (Å²) in [7, 11) is 0. The Balaban J connectivity index is 1.89. The van der Waals surface area contributed by atoms with E-state index in [1.807, 2.05) is 51.3 Å². The molecule has 8 heteroatoms. The van der Waals surface area contributed by atoms with Crippen LogP contribution in [0.2, 0.25) is 0 Å². The Morgan fingerprint density at radius 2 is 1.91 bits per heavy atom. The maximum atomic E-state index is 13.2. The van der Waals surface area contributed by atoms with Gasteiger partial charge in [0.05, 0.1) is 46.5 Å². The smallest absolute Gasteiger partial charge is 0.309 e. The lowest BCUT2D eigenvalue weighted by Gasteiger charge is -2.34. The number of epoxide rings is 1. The van der Waals surface area contributed by atoms with E-state index >= 15 is 0 Å². The van der Waals surface area contributed by atoms with Gasteiger partial charge in [0, 0.05) is 23.6 Å². The Bertz CT molecular complexity index is 998. The van der Waals surface area contributed by atoms with E-state index in [4.69, 9.17) is 9.47 Å². The summed E-state index contributed by atoms with van der Waals surface area (Å²) in [4.78, 5) is 30.6. The lowest BCUT2D eigenvalue weighted by atomic mass is 9.73. The number of hydrogen-bond donors (Lipinski definition) is 2. The van der Waals surface area contributed by atoms with E-state index in [1.54, 1.807) is 32.1 Å². The predicted octanol–water partition coefficient (Wildman–Crippen LogP) is 4.25. The number of ketones is 1. The minimum absolute atomic E-state index is 0.0968. The molecular weight excluding hydrogens is 466 g/mol. The van der Waals surface area contributed by atoms with Crippen molar-refractivity contribution < 1.29 is 29.3 Å². The summed E-state index contributed by atoms with van der Waals surface area (Å²) >= 11 is 1.55. The molecule has 7 atom stereocenters. The van der Waals surface area contributed by atoms with Crippen molar-refractivity contribution in [3.8, 4) is 0 Å². The Kier molecular flexibility index (Phi) is 8.41. The number of carbonyl (C=O) groups is 2. The number of rotatable bonds is 2. The van der Waals surface area contributed by atoms with Crippen molar-refractivity contribution in [1.82, 2.24) is 4.98 Å². The fourth-order valence-corrected chi connectivity index (χ4v) is 5.24. The number of nitrogens with zero attached hydrogens (tertiary/aromatic N) is 1. The zero-order valence-corrected chi connectivity index (χ0v) is 22.6. The Morgan fingerprint density at radius 1 is 1.23 bits per heavy atom. The number of fused-ring (bicyclic) bond motifs is 1. The van der Waals surface area contributed by atoms with E-state index in [9.17, 15) is 19.8 Å². The molecular formula is C27H39NO6S. The largest absolute Gasteiger partial charge is 0.458 e. The minimum Gasteiger partial charge on any atom is -0.458 e. The van der Waals surface area contributed by atoms with Gasteiger partial charge in [0.2, 0.25) is 0 Å². The highest BCUT2D eigenvalue weighted by atomic mass is 32.1. The van der Waals surface area contributed by atoms with Crippen molar-refractivity contribution in [3.63, 3.8) is 0 Å². The predicted molar refractivity (Wildman–Crippen MR) is 136 cm³/mol. The first-order valence-corrected chi connectivity index (χ1v) is 13.2. The third kappa shape index (κ3) is 6.47. The molecule has 1 fully saturated rings. The van der Waals surface area contributed by atoms with Crippen LogP contribution in [0.15, 0.2) is 23.1 Å². The Morgan fingerprint density at radius 3 is 2.54 bits per heavy atom. The molecule has 0 aromatic carbocycles. The molecule has 2 aliphatic rings. The number of aryl methyl sites for hydroxylation is 1. The number of carbonyl (C=O) groups excluding carboxylic acids is 2. The molecule has 1 aromatic rings. The molecule has 35 heavy (non-hydrogen) atoms. The van der Waals surface area contributed by atoms with Gasteiger partial charge in [-0.1, -0.05) is 39.8 Å². The zero-order chi connectivity index (χ0) is 26.1. The average molecular weight is 506 g/mol. The quantitative estimate of drug-likeness (QED) is 0.351. The highest BCUT2D eigenvalue weighted by Crippen LogP contribution is 2.44. The van der Waals surface area contributed by atoms with Crippen molar-refractivity contribution in [1.29, 1.82) is 0 Å². The van der Waals surface area contributed by atoms with E-state index in [0.717, 1.165) is 16.3 Å². The van der Waals surface area contributed by atoms with Gasteiger partial charge in [-0.2, -0.15) is 0 Å². The van der Waals surface area contributed by atoms with Crippen LogP contribution in [0.3, 0.4) is 0 Å². The third-order valence-electron chi connectivity index (χ3n) is 7.51. The zero-order valence-electron chi connectivity index (χ0n) is 21.8. The van der Waals surface area contributed by atoms with Gasteiger partial charge in [-0.05, 0) is 38.8 Å². The van der Waals surface area contributed by atoms with Gasteiger partial charge in [0.1, 0.15) is 11.9 Å². The standard InChI is InChI=1S/C27H39NO6S/c1-15-9-8-10-27(7)22(34-27)12-20(16(2)11-19-14-35-18(4)28-19)33-23(30)13-21(29)26(5,6)25(32)17(3)24(15)31/h8-9,11,14-15,17,20-22,24,29,31H,10,12-13H2,1-7H3/b9-8+,16-11+/t15?,17?,20?,21-,22?,24-,27+/m0/s1. The summed E-state index contributed by atoms with van der Waals surface area (Å²) in [5, 5.41) is 24.5. The van der Waals surface area contributed by atoms with Crippen molar-refractivity contribution >= 4 is 29.2 Å². The highest BCUT2D eigenvalue weighted by molar-refractivity contribution is 7.09. The molecule has 1 aromatic heterocycles. The van der Waals surface area contributed by atoms with Crippen molar-refractivity contribution in [2.24, 2.45) is 17.3 Å². The topological polar surface area (TPSA) is 109 Å². The fourth-order valence-electron chi connectivity index (χ4n) is 4.67. The second kappa shape index (κ2) is 10.6. The molecule has 4 unspecified atom stereocenters. The van der Waals surface area contributed by atoms with Crippen LogP contribution in [-0.4, -0.2) is 57.0 Å². The summed E-state index contributed by atoms with van der Waals surface area (Å²) in [5.74, 6) is -1.83. The first-order valence-electron chi connectivity index (χ1n) is 12.3. The number of hydrogen-bond acceptors (Lipinski definition) is 8. The van der Waals surface area contributed by atoms with Crippen LogP contribution < -0.4 is 0 Å². The monoisotopic (exact) mass is 505 g/mol. The van der Waals surface area contributed by atoms with Gasteiger partial charge in [0.15, 0.2) is 0 Å². The Hall–Kier alpha value is -1.87. The van der Waals surface area contributed by atoms with E-state index in [1.165, 1.54) is 0 Å². The van der Waals surface area contributed by atoms with E-state index in [0.29, 0.717) is 12.8 Å². The van der Waals surface area contributed by atoms with Gasteiger partial charge in [-0.25, -0.2) is 4.98 Å². The first kappa shape index (κ1) is 27.7. The average Bonchev–Trinajstić information content (AvgIpc) is 3.22. The van der Waals surface area contributed by atoms with Crippen LogP contribution >= 0.6 is 11.3 Å². The van der Waals surface area contributed by atoms with Gasteiger partial charge in [-0.3, -0.25) is 9.59 Å². The number of aliphatic hydroxyl groups is 2. The normalized spacial score (nSPS) is 37.9. The van der Waals surface area contributed by atoms with Crippen molar-refractivity contribution in [3.05, 3.63) is 33.8 Å². The minimum atomic E-state index is -1.25.